The number of rotatable bonds is 9. The summed E-state index contributed by atoms with van der Waals surface area (Å²) in [5.41, 5.74) is 0. The van der Waals surface area contributed by atoms with E-state index in [1.165, 1.54) is 51.4 Å². The van der Waals surface area contributed by atoms with Gasteiger partial charge >= 0.3 is 0 Å². The molecule has 108 valence electrons. The first-order valence-electron chi connectivity index (χ1n) is 7.75. The molecule has 0 aromatic carbocycles. The van der Waals surface area contributed by atoms with E-state index < -0.39 is 0 Å². The predicted octanol–water partition coefficient (Wildman–Crippen LogP) is 2.86. The van der Waals surface area contributed by atoms with Crippen molar-refractivity contribution in [3.8, 4) is 0 Å². The van der Waals surface area contributed by atoms with Crippen LogP contribution in [-0.4, -0.2) is 36.5 Å². The van der Waals surface area contributed by atoms with Gasteiger partial charge in [0, 0.05) is 12.6 Å². The lowest BCUT2D eigenvalue weighted by atomic mass is 9.98. The van der Waals surface area contributed by atoms with Crippen molar-refractivity contribution in [2.24, 2.45) is 0 Å². The highest BCUT2D eigenvalue weighted by atomic mass is 16.5. The van der Waals surface area contributed by atoms with Crippen LogP contribution in [0.3, 0.4) is 0 Å². The van der Waals surface area contributed by atoms with Crippen molar-refractivity contribution < 1.29 is 9.84 Å². The molecular formula is C15H31NO2. The molecule has 18 heavy (non-hydrogen) atoms. The van der Waals surface area contributed by atoms with Gasteiger partial charge in [-0.1, -0.05) is 39.0 Å². The smallest absolute Gasteiger partial charge is 0.0897 e. The van der Waals surface area contributed by atoms with Gasteiger partial charge in [0.1, 0.15) is 0 Å². The summed E-state index contributed by atoms with van der Waals surface area (Å²) in [7, 11) is 0. The van der Waals surface area contributed by atoms with Gasteiger partial charge in [-0.3, -0.25) is 0 Å². The molecule has 0 bridgehead atoms. The van der Waals surface area contributed by atoms with Gasteiger partial charge in [-0.05, 0) is 26.2 Å². The Morgan fingerprint density at radius 3 is 2.67 bits per heavy atom. The fraction of sp³-hybridized carbons (Fsp3) is 1.00. The van der Waals surface area contributed by atoms with Crippen molar-refractivity contribution in [2.75, 3.05) is 13.2 Å². The van der Waals surface area contributed by atoms with Crippen LogP contribution in [0.25, 0.3) is 0 Å². The Balaban J connectivity index is 2.00. The maximum atomic E-state index is 9.87. The van der Waals surface area contributed by atoms with Crippen molar-refractivity contribution >= 4 is 0 Å². The van der Waals surface area contributed by atoms with Gasteiger partial charge < -0.3 is 15.2 Å². The van der Waals surface area contributed by atoms with Crippen LogP contribution in [0.1, 0.15) is 65.2 Å². The van der Waals surface area contributed by atoms with E-state index in [-0.39, 0.29) is 6.10 Å². The summed E-state index contributed by atoms with van der Waals surface area (Å²) < 4.78 is 5.77. The van der Waals surface area contributed by atoms with Gasteiger partial charge in [0.2, 0.25) is 0 Å². The Kier molecular flexibility index (Phi) is 8.64. The highest BCUT2D eigenvalue weighted by molar-refractivity contribution is 4.68. The van der Waals surface area contributed by atoms with Gasteiger partial charge in [0.15, 0.2) is 0 Å². The molecule has 1 fully saturated rings. The molecule has 3 nitrogen and oxygen atoms in total. The lowest BCUT2D eigenvalue weighted by Crippen LogP contribution is -2.36. The summed E-state index contributed by atoms with van der Waals surface area (Å²) >= 11 is 0. The third-order valence-corrected chi connectivity index (χ3v) is 3.77. The zero-order chi connectivity index (χ0) is 13.2. The molecule has 0 aromatic heterocycles. The molecule has 0 aliphatic heterocycles. The maximum Gasteiger partial charge on any atom is 0.0897 e. The minimum Gasteiger partial charge on any atom is -0.389 e. The van der Waals surface area contributed by atoms with Crippen LogP contribution < -0.4 is 5.32 Å². The Labute approximate surface area is 112 Å². The van der Waals surface area contributed by atoms with Gasteiger partial charge in [-0.2, -0.15) is 0 Å². The minimum absolute atomic E-state index is 0.365. The quantitative estimate of drug-likeness (QED) is 0.667. The lowest BCUT2D eigenvalue weighted by Gasteiger charge is -2.24. The lowest BCUT2D eigenvalue weighted by molar-refractivity contribution is -0.0235. The second-order valence-electron chi connectivity index (χ2n) is 5.70. The number of nitrogens with one attached hydrogen (secondary N) is 1. The number of hydrogen-bond donors (Lipinski definition) is 2. The van der Waals surface area contributed by atoms with Gasteiger partial charge in [-0.15, -0.1) is 0 Å². The third-order valence-electron chi connectivity index (χ3n) is 3.77. The second kappa shape index (κ2) is 9.76. The number of unbranched alkanes of at least 4 members (excludes halogenated alkanes) is 1. The highest BCUT2D eigenvalue weighted by Gasteiger charge is 2.15. The first kappa shape index (κ1) is 15.9. The third kappa shape index (κ3) is 7.34. The van der Waals surface area contributed by atoms with Crippen molar-refractivity contribution in [1.29, 1.82) is 0 Å². The molecule has 0 radical (unpaired) electrons. The van der Waals surface area contributed by atoms with Crippen LogP contribution in [-0.2, 0) is 4.74 Å². The average Bonchev–Trinajstić information content (AvgIpc) is 2.41. The van der Waals surface area contributed by atoms with Crippen LogP contribution in [0.5, 0.6) is 0 Å². The van der Waals surface area contributed by atoms with Crippen LogP contribution in [0.15, 0.2) is 0 Å². The Morgan fingerprint density at radius 1 is 1.28 bits per heavy atom. The Bertz CT molecular complexity index is 193. The fourth-order valence-electron chi connectivity index (χ4n) is 2.49. The average molecular weight is 257 g/mol. The fourth-order valence-corrected chi connectivity index (χ4v) is 2.49. The summed E-state index contributed by atoms with van der Waals surface area (Å²) in [6.07, 6.45) is 9.97. The first-order valence-corrected chi connectivity index (χ1v) is 7.75. The molecule has 2 unspecified atom stereocenters. The van der Waals surface area contributed by atoms with Crippen molar-refractivity contribution in [2.45, 2.75) is 83.5 Å². The summed E-state index contributed by atoms with van der Waals surface area (Å²) in [5.74, 6) is 0. The van der Waals surface area contributed by atoms with E-state index in [1.54, 1.807) is 0 Å². The number of hydrogen-bond acceptors (Lipinski definition) is 3. The molecular weight excluding hydrogens is 226 g/mol. The highest BCUT2D eigenvalue weighted by Crippen LogP contribution is 2.20. The first-order chi connectivity index (χ1) is 8.72. The van der Waals surface area contributed by atoms with E-state index >= 15 is 0 Å². The Hall–Kier alpha value is -0.120. The summed E-state index contributed by atoms with van der Waals surface area (Å²) in [6, 6.07) is 0.495. The molecule has 0 spiro atoms. The van der Waals surface area contributed by atoms with Gasteiger partial charge in [-0.25, -0.2) is 0 Å². The number of aliphatic hydroxyl groups is 1. The number of ether oxygens (including phenoxy) is 1. The molecule has 2 N–H and O–H groups in total. The van der Waals surface area contributed by atoms with Gasteiger partial charge in [0.25, 0.3) is 0 Å². The molecule has 1 rings (SSSR count). The summed E-state index contributed by atoms with van der Waals surface area (Å²) in [6.45, 7) is 5.53. The van der Waals surface area contributed by atoms with E-state index in [9.17, 15) is 5.11 Å². The van der Waals surface area contributed by atoms with Crippen LogP contribution in [0.4, 0.5) is 0 Å². The van der Waals surface area contributed by atoms with Crippen molar-refractivity contribution in [3.05, 3.63) is 0 Å². The van der Waals surface area contributed by atoms with Crippen LogP contribution in [0, 0.1) is 0 Å². The maximum absolute atomic E-state index is 9.87. The molecule has 2 atom stereocenters. The molecule has 0 amide bonds. The normalized spacial score (nSPS) is 20.8. The SMILES string of the molecule is CCCCC(C)NCC(O)COC1CCCCC1. The van der Waals surface area contributed by atoms with E-state index in [1.807, 2.05) is 0 Å². The van der Waals surface area contributed by atoms with Crippen molar-refractivity contribution in [3.63, 3.8) is 0 Å². The summed E-state index contributed by atoms with van der Waals surface area (Å²) in [4.78, 5) is 0. The molecule has 0 heterocycles. The van der Waals surface area contributed by atoms with E-state index in [4.69, 9.17) is 4.74 Å². The van der Waals surface area contributed by atoms with E-state index in [0.717, 1.165) is 0 Å². The second-order valence-corrected chi connectivity index (χ2v) is 5.70. The van der Waals surface area contributed by atoms with E-state index in [2.05, 4.69) is 19.2 Å². The molecule has 1 aliphatic carbocycles. The zero-order valence-corrected chi connectivity index (χ0v) is 12.2. The zero-order valence-electron chi connectivity index (χ0n) is 12.2. The molecule has 0 saturated heterocycles. The Morgan fingerprint density at radius 2 is 2.00 bits per heavy atom. The molecule has 1 saturated carbocycles. The van der Waals surface area contributed by atoms with Gasteiger partial charge in [0.05, 0.1) is 18.8 Å². The molecule has 1 aliphatic rings. The monoisotopic (exact) mass is 257 g/mol. The standard InChI is InChI=1S/C15H31NO2/c1-3-4-8-13(2)16-11-14(17)12-18-15-9-6-5-7-10-15/h13-17H,3-12H2,1-2H3. The largest absolute Gasteiger partial charge is 0.389 e. The number of aliphatic hydroxyl groups excluding tert-OH is 1. The molecule has 0 aromatic rings. The van der Waals surface area contributed by atoms with E-state index in [0.29, 0.717) is 25.3 Å². The topological polar surface area (TPSA) is 41.5 Å². The molecule has 3 heteroatoms. The van der Waals surface area contributed by atoms with Crippen LogP contribution >= 0.6 is 0 Å². The van der Waals surface area contributed by atoms with Crippen molar-refractivity contribution in [1.82, 2.24) is 5.32 Å². The van der Waals surface area contributed by atoms with Crippen LogP contribution in [0.2, 0.25) is 0 Å². The predicted molar refractivity (Wildman–Crippen MR) is 75.8 cm³/mol. The summed E-state index contributed by atoms with van der Waals surface area (Å²) in [5, 5.41) is 13.2. The minimum atomic E-state index is -0.365.